The number of pyridine rings is 1. The Morgan fingerprint density at radius 3 is 2.85 bits per heavy atom. The lowest BCUT2D eigenvalue weighted by Gasteiger charge is -2.09. The zero-order chi connectivity index (χ0) is 18.8. The van der Waals surface area contributed by atoms with E-state index in [9.17, 15) is 10.1 Å². The minimum Gasteiger partial charge on any atom is -0.365 e. The molecule has 0 saturated heterocycles. The van der Waals surface area contributed by atoms with Gasteiger partial charge in [0.2, 0.25) is 0 Å². The molecule has 134 valence electrons. The number of thiophene rings is 1. The van der Waals surface area contributed by atoms with Gasteiger partial charge in [0.1, 0.15) is 10.6 Å². The molecule has 1 N–H and O–H groups in total. The summed E-state index contributed by atoms with van der Waals surface area (Å²) in [7, 11) is 0. The van der Waals surface area contributed by atoms with Crippen molar-refractivity contribution in [2.24, 2.45) is 0 Å². The molecule has 0 bridgehead atoms. The second-order valence-corrected chi connectivity index (χ2v) is 7.35. The van der Waals surface area contributed by atoms with Crippen LogP contribution in [-0.2, 0) is 6.54 Å². The first kappa shape index (κ1) is 17.3. The molecule has 0 fully saturated rings. The van der Waals surface area contributed by atoms with Crippen molar-refractivity contribution >= 4 is 44.7 Å². The van der Waals surface area contributed by atoms with Gasteiger partial charge in [-0.1, -0.05) is 23.7 Å². The van der Waals surface area contributed by atoms with Crippen molar-refractivity contribution in [1.29, 1.82) is 0 Å². The maximum atomic E-state index is 11.0. The Morgan fingerprint density at radius 2 is 2.07 bits per heavy atom. The van der Waals surface area contributed by atoms with E-state index in [0.717, 1.165) is 21.3 Å². The highest BCUT2D eigenvalue weighted by Crippen LogP contribution is 2.34. The van der Waals surface area contributed by atoms with Crippen LogP contribution in [0.2, 0.25) is 4.34 Å². The molecule has 0 amide bonds. The number of non-ortho nitro benzene ring substituents is 1. The van der Waals surface area contributed by atoms with E-state index in [-0.39, 0.29) is 5.69 Å². The van der Waals surface area contributed by atoms with Crippen LogP contribution in [0.15, 0.2) is 54.9 Å². The Hall–Kier alpha value is -3.10. The van der Waals surface area contributed by atoms with Gasteiger partial charge < -0.3 is 5.32 Å². The number of halogens is 1. The molecule has 7 nitrogen and oxygen atoms in total. The number of nitro groups is 1. The average Bonchev–Trinajstić information content (AvgIpc) is 3.07. The molecule has 27 heavy (non-hydrogen) atoms. The van der Waals surface area contributed by atoms with E-state index in [1.807, 2.05) is 24.3 Å². The van der Waals surface area contributed by atoms with Gasteiger partial charge in [0.15, 0.2) is 5.82 Å². The molecule has 0 atom stereocenters. The highest BCUT2D eigenvalue weighted by atomic mass is 35.5. The quantitative estimate of drug-likeness (QED) is 0.379. The van der Waals surface area contributed by atoms with Crippen molar-refractivity contribution in [3.63, 3.8) is 0 Å². The van der Waals surface area contributed by atoms with Crippen molar-refractivity contribution in [3.8, 4) is 11.4 Å². The van der Waals surface area contributed by atoms with Gasteiger partial charge in [-0.15, -0.1) is 11.3 Å². The first-order valence-corrected chi connectivity index (χ1v) is 9.14. The lowest BCUT2D eigenvalue weighted by molar-refractivity contribution is -0.384. The zero-order valence-corrected chi connectivity index (χ0v) is 15.4. The molecular weight excluding hydrogens is 386 g/mol. The summed E-state index contributed by atoms with van der Waals surface area (Å²) in [5, 5.41) is 15.0. The number of rotatable bonds is 5. The molecule has 0 aliphatic heterocycles. The van der Waals surface area contributed by atoms with Crippen LogP contribution >= 0.6 is 22.9 Å². The van der Waals surface area contributed by atoms with E-state index >= 15 is 0 Å². The number of hydrogen-bond donors (Lipinski definition) is 1. The molecular formula is C18H12ClN5O2S. The van der Waals surface area contributed by atoms with E-state index in [1.54, 1.807) is 18.5 Å². The summed E-state index contributed by atoms with van der Waals surface area (Å²) in [4.78, 5) is 24.6. The Balaban J connectivity index is 1.70. The van der Waals surface area contributed by atoms with Gasteiger partial charge in [-0.2, -0.15) is 0 Å². The fraction of sp³-hybridized carbons (Fsp3) is 0.0556. The van der Waals surface area contributed by atoms with Crippen LogP contribution in [0.4, 0.5) is 11.5 Å². The van der Waals surface area contributed by atoms with Crippen LogP contribution in [0.5, 0.6) is 0 Å². The standard InChI is InChI=1S/C18H12ClN5O2S/c19-15-8-14-17(21-9-11-3-1-5-13(7-11)24(25)26)22-16(23-18(14)27-15)12-4-2-6-20-10-12/h1-8,10H,9H2,(H,21,22,23). The van der Waals surface area contributed by atoms with Gasteiger partial charge in [0, 0.05) is 36.6 Å². The maximum absolute atomic E-state index is 11.0. The summed E-state index contributed by atoms with van der Waals surface area (Å²) in [6, 6.07) is 12.0. The number of hydrogen-bond acceptors (Lipinski definition) is 7. The molecule has 0 aliphatic rings. The molecule has 0 spiro atoms. The first-order chi connectivity index (χ1) is 13.1. The van der Waals surface area contributed by atoms with Crippen LogP contribution < -0.4 is 5.32 Å². The SMILES string of the molecule is O=[N+]([O-])c1cccc(CNc2nc(-c3cccnc3)nc3sc(Cl)cc23)c1. The smallest absolute Gasteiger partial charge is 0.269 e. The molecule has 3 heterocycles. The third-order valence-electron chi connectivity index (χ3n) is 3.86. The largest absolute Gasteiger partial charge is 0.365 e. The second-order valence-electron chi connectivity index (χ2n) is 5.69. The van der Waals surface area contributed by atoms with Crippen molar-refractivity contribution in [1.82, 2.24) is 15.0 Å². The maximum Gasteiger partial charge on any atom is 0.269 e. The summed E-state index contributed by atoms with van der Waals surface area (Å²) in [5.41, 5.74) is 1.62. The fourth-order valence-electron chi connectivity index (χ4n) is 2.62. The summed E-state index contributed by atoms with van der Waals surface area (Å²) in [6.07, 6.45) is 3.38. The number of fused-ring (bicyclic) bond motifs is 1. The Morgan fingerprint density at radius 1 is 1.19 bits per heavy atom. The van der Waals surface area contributed by atoms with E-state index in [0.29, 0.717) is 22.5 Å². The predicted molar refractivity (Wildman–Crippen MR) is 106 cm³/mol. The van der Waals surface area contributed by atoms with Crippen molar-refractivity contribution < 1.29 is 4.92 Å². The highest BCUT2D eigenvalue weighted by molar-refractivity contribution is 7.22. The lowest BCUT2D eigenvalue weighted by Crippen LogP contribution is -2.04. The van der Waals surface area contributed by atoms with Gasteiger partial charge in [-0.05, 0) is 23.8 Å². The normalized spacial score (nSPS) is 10.9. The molecule has 9 heteroatoms. The number of nitrogens with one attached hydrogen (secondary N) is 1. The van der Waals surface area contributed by atoms with Crippen LogP contribution in [0, 0.1) is 10.1 Å². The van der Waals surface area contributed by atoms with Gasteiger partial charge >= 0.3 is 0 Å². The lowest BCUT2D eigenvalue weighted by atomic mass is 10.2. The third-order valence-corrected chi connectivity index (χ3v) is 5.02. The van der Waals surface area contributed by atoms with E-state index < -0.39 is 4.92 Å². The van der Waals surface area contributed by atoms with Crippen LogP contribution in [0.25, 0.3) is 21.6 Å². The van der Waals surface area contributed by atoms with Gasteiger partial charge in [0.25, 0.3) is 5.69 Å². The third kappa shape index (κ3) is 3.71. The molecule has 4 aromatic rings. The van der Waals surface area contributed by atoms with Crippen LogP contribution in [-0.4, -0.2) is 19.9 Å². The monoisotopic (exact) mass is 397 g/mol. The van der Waals surface area contributed by atoms with Crippen LogP contribution in [0.3, 0.4) is 0 Å². The van der Waals surface area contributed by atoms with E-state index in [2.05, 4.69) is 20.3 Å². The molecule has 4 rings (SSSR count). The number of benzene rings is 1. The molecule has 0 saturated carbocycles. The Labute approximate surface area is 162 Å². The second kappa shape index (κ2) is 7.26. The predicted octanol–water partition coefficient (Wildman–Crippen LogP) is 4.93. The van der Waals surface area contributed by atoms with Gasteiger partial charge in [-0.3, -0.25) is 15.1 Å². The molecule has 3 aromatic heterocycles. The molecule has 0 radical (unpaired) electrons. The average molecular weight is 398 g/mol. The number of aromatic nitrogens is 3. The fourth-order valence-corrected chi connectivity index (χ4v) is 3.70. The summed E-state index contributed by atoms with van der Waals surface area (Å²) >= 11 is 7.53. The van der Waals surface area contributed by atoms with Crippen molar-refractivity contribution in [2.75, 3.05) is 5.32 Å². The molecule has 0 aliphatic carbocycles. The number of nitro benzene ring substituents is 1. The van der Waals surface area contributed by atoms with Gasteiger partial charge in [0.05, 0.1) is 14.6 Å². The topological polar surface area (TPSA) is 93.8 Å². The first-order valence-electron chi connectivity index (χ1n) is 7.95. The summed E-state index contributed by atoms with van der Waals surface area (Å²) in [6.45, 7) is 0.383. The summed E-state index contributed by atoms with van der Waals surface area (Å²) in [5.74, 6) is 1.16. The van der Waals surface area contributed by atoms with E-state index in [1.165, 1.54) is 23.5 Å². The zero-order valence-electron chi connectivity index (χ0n) is 13.8. The van der Waals surface area contributed by atoms with E-state index in [4.69, 9.17) is 11.6 Å². The number of nitrogens with zero attached hydrogens (tertiary/aromatic N) is 4. The van der Waals surface area contributed by atoms with Crippen molar-refractivity contribution in [2.45, 2.75) is 6.54 Å². The number of anilines is 1. The minimum atomic E-state index is -0.411. The Bertz CT molecular complexity index is 1130. The Kier molecular flexibility index (Phi) is 4.66. The minimum absolute atomic E-state index is 0.0526. The van der Waals surface area contributed by atoms with Crippen molar-refractivity contribution in [3.05, 3.63) is 74.9 Å². The highest BCUT2D eigenvalue weighted by Gasteiger charge is 2.13. The van der Waals surface area contributed by atoms with Gasteiger partial charge in [-0.25, -0.2) is 9.97 Å². The van der Waals surface area contributed by atoms with Crippen LogP contribution in [0.1, 0.15) is 5.56 Å². The molecule has 0 unspecified atom stereocenters. The molecule has 1 aromatic carbocycles. The summed E-state index contributed by atoms with van der Waals surface area (Å²) < 4.78 is 0.612.